The Hall–Kier alpha value is -1.36. The van der Waals surface area contributed by atoms with Gasteiger partial charge in [0.05, 0.1) is 12.1 Å². The molecule has 1 aromatic heterocycles. The van der Waals surface area contributed by atoms with E-state index in [1.54, 1.807) is 0 Å². The average Bonchev–Trinajstić information content (AvgIpc) is 3.02. The quantitative estimate of drug-likeness (QED) is 0.933. The number of nitrogen functional groups attached to an aromatic ring is 1. The Labute approximate surface area is 117 Å². The Morgan fingerprint density at radius 2 is 2.42 bits per heavy atom. The van der Waals surface area contributed by atoms with E-state index in [-0.39, 0.29) is 0 Å². The number of nitrogens with zero attached hydrogens (tertiary/aromatic N) is 2. The molecule has 0 amide bonds. The maximum Gasteiger partial charge on any atom is 0.201 e. The average molecular weight is 277 g/mol. The molecular formula is C14H19N3OS. The first-order chi connectivity index (χ1) is 9.31. The van der Waals surface area contributed by atoms with Gasteiger partial charge in [-0.15, -0.1) is 0 Å². The van der Waals surface area contributed by atoms with Crippen molar-refractivity contribution in [2.24, 2.45) is 0 Å². The van der Waals surface area contributed by atoms with Gasteiger partial charge in [-0.3, -0.25) is 0 Å². The summed E-state index contributed by atoms with van der Waals surface area (Å²) in [5.74, 6) is 3.77. The number of hydrogen-bond acceptors (Lipinski definition) is 4. The van der Waals surface area contributed by atoms with Crippen LogP contribution in [0.2, 0.25) is 0 Å². The van der Waals surface area contributed by atoms with Gasteiger partial charge >= 0.3 is 0 Å². The molecule has 1 unspecified atom stereocenters. The number of hydrogen-bond donors (Lipinski definition) is 1. The summed E-state index contributed by atoms with van der Waals surface area (Å²) in [5.41, 5.74) is 8.11. The third kappa shape index (κ3) is 2.27. The van der Waals surface area contributed by atoms with Crippen molar-refractivity contribution in [2.45, 2.75) is 25.8 Å². The molecule has 3 rings (SSSR count). The standard InChI is InChI=1S/C14H19N3OS/c1-2-7-18-12-5-3-4-11-13(12)16-14(15)17(11)10-6-8-19-9-10/h3-5,10H,2,6-9H2,1H3,(H2,15,16). The monoisotopic (exact) mass is 277 g/mol. The second-order valence-electron chi connectivity index (χ2n) is 4.83. The van der Waals surface area contributed by atoms with Gasteiger partial charge in [-0.1, -0.05) is 13.0 Å². The first kappa shape index (κ1) is 12.7. The number of ether oxygens (including phenoxy) is 1. The molecule has 1 aliphatic heterocycles. The van der Waals surface area contributed by atoms with Crippen LogP contribution in [-0.2, 0) is 0 Å². The fraction of sp³-hybridized carbons (Fsp3) is 0.500. The van der Waals surface area contributed by atoms with Crippen LogP contribution in [0.3, 0.4) is 0 Å². The first-order valence-corrected chi connectivity index (χ1v) is 7.93. The Kier molecular flexibility index (Phi) is 3.55. The van der Waals surface area contributed by atoms with Crippen molar-refractivity contribution in [3.8, 4) is 5.75 Å². The van der Waals surface area contributed by atoms with E-state index >= 15 is 0 Å². The van der Waals surface area contributed by atoms with E-state index in [0.29, 0.717) is 18.6 Å². The smallest absolute Gasteiger partial charge is 0.201 e. The molecule has 1 fully saturated rings. The van der Waals surface area contributed by atoms with Gasteiger partial charge in [0, 0.05) is 11.8 Å². The molecule has 0 radical (unpaired) electrons. The third-order valence-electron chi connectivity index (χ3n) is 3.44. The predicted octanol–water partition coefficient (Wildman–Crippen LogP) is 3.09. The fourth-order valence-corrected chi connectivity index (χ4v) is 3.74. The van der Waals surface area contributed by atoms with Gasteiger partial charge < -0.3 is 15.0 Å². The molecule has 0 aliphatic carbocycles. The summed E-state index contributed by atoms with van der Waals surface area (Å²) in [6.45, 7) is 2.81. The molecule has 2 aromatic rings. The number of aromatic nitrogens is 2. The normalized spacial score (nSPS) is 19.1. The van der Waals surface area contributed by atoms with Crippen molar-refractivity contribution in [2.75, 3.05) is 23.8 Å². The summed E-state index contributed by atoms with van der Waals surface area (Å²) in [4.78, 5) is 4.52. The number of benzene rings is 1. The van der Waals surface area contributed by atoms with Crippen molar-refractivity contribution in [1.82, 2.24) is 9.55 Å². The Morgan fingerprint density at radius 1 is 1.53 bits per heavy atom. The molecule has 5 heteroatoms. The second kappa shape index (κ2) is 5.33. The van der Waals surface area contributed by atoms with Crippen molar-refractivity contribution < 1.29 is 4.74 Å². The lowest BCUT2D eigenvalue weighted by Gasteiger charge is -2.13. The molecule has 1 saturated heterocycles. The van der Waals surface area contributed by atoms with Gasteiger partial charge in [0.2, 0.25) is 5.95 Å². The topological polar surface area (TPSA) is 53.1 Å². The molecule has 0 saturated carbocycles. The van der Waals surface area contributed by atoms with Gasteiger partial charge in [0.25, 0.3) is 0 Å². The van der Waals surface area contributed by atoms with Gasteiger partial charge in [0.15, 0.2) is 0 Å². The third-order valence-corrected chi connectivity index (χ3v) is 4.59. The lowest BCUT2D eigenvalue weighted by molar-refractivity contribution is 0.320. The lowest BCUT2D eigenvalue weighted by atomic mass is 10.2. The molecular weight excluding hydrogens is 258 g/mol. The van der Waals surface area contributed by atoms with Crippen LogP contribution < -0.4 is 10.5 Å². The zero-order valence-corrected chi connectivity index (χ0v) is 11.9. The van der Waals surface area contributed by atoms with E-state index in [9.17, 15) is 0 Å². The van der Waals surface area contributed by atoms with Gasteiger partial charge in [-0.25, -0.2) is 4.98 Å². The summed E-state index contributed by atoms with van der Waals surface area (Å²) >= 11 is 1.98. The summed E-state index contributed by atoms with van der Waals surface area (Å²) in [5, 5.41) is 0. The minimum Gasteiger partial charge on any atom is -0.491 e. The number of para-hydroxylation sites is 1. The van der Waals surface area contributed by atoms with Crippen molar-refractivity contribution in [3.63, 3.8) is 0 Å². The molecule has 19 heavy (non-hydrogen) atoms. The van der Waals surface area contributed by atoms with E-state index in [1.165, 1.54) is 12.2 Å². The lowest BCUT2D eigenvalue weighted by Crippen LogP contribution is -2.10. The zero-order valence-electron chi connectivity index (χ0n) is 11.1. The minimum atomic E-state index is 0.469. The fourth-order valence-electron chi connectivity index (χ4n) is 2.55. The maximum atomic E-state index is 6.12. The van der Waals surface area contributed by atoms with E-state index in [4.69, 9.17) is 10.5 Å². The zero-order chi connectivity index (χ0) is 13.2. The Bertz CT molecular complexity index is 575. The highest BCUT2D eigenvalue weighted by atomic mass is 32.2. The maximum absolute atomic E-state index is 6.12. The second-order valence-corrected chi connectivity index (χ2v) is 5.98. The molecule has 1 atom stereocenters. The van der Waals surface area contributed by atoms with E-state index in [1.807, 2.05) is 23.9 Å². The van der Waals surface area contributed by atoms with Crippen LogP contribution in [-0.4, -0.2) is 27.7 Å². The Morgan fingerprint density at radius 3 is 3.16 bits per heavy atom. The van der Waals surface area contributed by atoms with Crippen LogP contribution in [0, 0.1) is 0 Å². The summed E-state index contributed by atoms with van der Waals surface area (Å²) in [6, 6.07) is 6.54. The molecule has 1 aromatic carbocycles. The molecule has 1 aliphatic rings. The highest BCUT2D eigenvalue weighted by Crippen LogP contribution is 2.35. The largest absolute Gasteiger partial charge is 0.491 e. The van der Waals surface area contributed by atoms with Crippen molar-refractivity contribution in [1.29, 1.82) is 0 Å². The summed E-state index contributed by atoms with van der Waals surface area (Å²) < 4.78 is 7.94. The number of thioether (sulfide) groups is 1. The van der Waals surface area contributed by atoms with Gasteiger partial charge in [-0.2, -0.15) is 11.8 Å². The number of fused-ring (bicyclic) bond motifs is 1. The molecule has 2 heterocycles. The van der Waals surface area contributed by atoms with Crippen LogP contribution in [0.4, 0.5) is 5.95 Å². The summed E-state index contributed by atoms with van der Waals surface area (Å²) in [6.07, 6.45) is 2.16. The number of imidazole rings is 1. The van der Waals surface area contributed by atoms with E-state index < -0.39 is 0 Å². The number of nitrogens with two attached hydrogens (primary N) is 1. The molecule has 0 spiro atoms. The number of rotatable bonds is 4. The molecule has 102 valence electrons. The summed E-state index contributed by atoms with van der Waals surface area (Å²) in [7, 11) is 0. The van der Waals surface area contributed by atoms with Gasteiger partial charge in [0.1, 0.15) is 11.3 Å². The van der Waals surface area contributed by atoms with Crippen LogP contribution in [0.15, 0.2) is 18.2 Å². The number of anilines is 1. The highest BCUT2D eigenvalue weighted by molar-refractivity contribution is 7.99. The van der Waals surface area contributed by atoms with Crippen LogP contribution >= 0.6 is 11.8 Å². The minimum absolute atomic E-state index is 0.469. The SMILES string of the molecule is CCCOc1cccc2c1nc(N)n2C1CCSC1. The van der Waals surface area contributed by atoms with Crippen molar-refractivity contribution in [3.05, 3.63) is 18.2 Å². The highest BCUT2D eigenvalue weighted by Gasteiger charge is 2.23. The molecule has 0 bridgehead atoms. The molecule has 2 N–H and O–H groups in total. The Balaban J connectivity index is 2.05. The predicted molar refractivity (Wildman–Crippen MR) is 80.9 cm³/mol. The van der Waals surface area contributed by atoms with Crippen LogP contribution in [0.25, 0.3) is 11.0 Å². The van der Waals surface area contributed by atoms with Crippen molar-refractivity contribution >= 4 is 28.7 Å². The van der Waals surface area contributed by atoms with Crippen LogP contribution in [0.1, 0.15) is 25.8 Å². The first-order valence-electron chi connectivity index (χ1n) is 6.78. The van der Waals surface area contributed by atoms with E-state index in [2.05, 4.69) is 22.5 Å². The van der Waals surface area contributed by atoms with E-state index in [0.717, 1.165) is 29.0 Å². The molecule has 4 nitrogen and oxygen atoms in total. The van der Waals surface area contributed by atoms with Gasteiger partial charge in [-0.05, 0) is 30.7 Å². The van der Waals surface area contributed by atoms with Crippen LogP contribution in [0.5, 0.6) is 5.75 Å².